The van der Waals surface area contributed by atoms with Gasteiger partial charge in [0.25, 0.3) is 0 Å². The second-order valence-electron chi connectivity index (χ2n) is 4.13. The van der Waals surface area contributed by atoms with Crippen LogP contribution in [0.3, 0.4) is 0 Å². The van der Waals surface area contributed by atoms with Gasteiger partial charge in [-0.1, -0.05) is 15.9 Å². The summed E-state index contributed by atoms with van der Waals surface area (Å²) in [6.07, 6.45) is 0.490. The maximum absolute atomic E-state index is 11.9. The predicted octanol–water partition coefficient (Wildman–Crippen LogP) is 2.18. The van der Waals surface area contributed by atoms with E-state index in [1.165, 1.54) is 0 Å². The number of ketones is 1. The van der Waals surface area contributed by atoms with E-state index in [1.54, 1.807) is 0 Å². The first-order valence-corrected chi connectivity index (χ1v) is 5.70. The maximum atomic E-state index is 11.9. The van der Waals surface area contributed by atoms with E-state index in [-0.39, 0.29) is 23.8 Å². The molecule has 1 N–H and O–H groups in total. The molecule has 0 aliphatic carbocycles. The van der Waals surface area contributed by atoms with E-state index in [9.17, 15) is 4.79 Å². The molecule has 0 unspecified atom stereocenters. The van der Waals surface area contributed by atoms with Crippen molar-refractivity contribution in [1.29, 1.82) is 0 Å². The van der Waals surface area contributed by atoms with E-state index in [4.69, 9.17) is 4.74 Å². The fraction of sp³-hybridized carbons (Fsp3) is 0.364. The molecule has 1 fully saturated rings. The molecule has 1 spiro atoms. The zero-order valence-electron chi connectivity index (χ0n) is 8.46. The maximum Gasteiger partial charge on any atom is 0.170 e. The molecular weight excluding hydrogens is 293 g/mol. The SMILES string of the molecule is Cl.O=C1CC2(CNC2)Oc2ccc(Br)cc21. The van der Waals surface area contributed by atoms with Crippen LogP contribution in [0.15, 0.2) is 22.7 Å². The van der Waals surface area contributed by atoms with E-state index in [2.05, 4.69) is 21.2 Å². The highest BCUT2D eigenvalue weighted by molar-refractivity contribution is 9.10. The summed E-state index contributed by atoms with van der Waals surface area (Å²) < 4.78 is 6.79. The molecule has 0 aromatic heterocycles. The summed E-state index contributed by atoms with van der Waals surface area (Å²) in [7, 11) is 0. The molecule has 1 saturated heterocycles. The highest BCUT2D eigenvalue weighted by atomic mass is 79.9. The second-order valence-corrected chi connectivity index (χ2v) is 5.04. The van der Waals surface area contributed by atoms with Crippen LogP contribution in [0, 0.1) is 0 Å². The molecule has 5 heteroatoms. The Morgan fingerprint density at radius 2 is 2.12 bits per heavy atom. The molecule has 0 amide bonds. The van der Waals surface area contributed by atoms with Crippen LogP contribution in [-0.4, -0.2) is 24.5 Å². The van der Waals surface area contributed by atoms with Gasteiger partial charge in [-0.3, -0.25) is 4.79 Å². The monoisotopic (exact) mass is 303 g/mol. The van der Waals surface area contributed by atoms with Gasteiger partial charge in [0.15, 0.2) is 5.78 Å². The molecule has 3 rings (SSSR count). The first-order valence-electron chi connectivity index (χ1n) is 4.91. The van der Waals surface area contributed by atoms with Crippen LogP contribution < -0.4 is 10.1 Å². The van der Waals surface area contributed by atoms with Gasteiger partial charge >= 0.3 is 0 Å². The van der Waals surface area contributed by atoms with Crippen LogP contribution in [0.25, 0.3) is 0 Å². The van der Waals surface area contributed by atoms with E-state index in [0.717, 1.165) is 23.3 Å². The minimum Gasteiger partial charge on any atom is -0.483 e. The lowest BCUT2D eigenvalue weighted by molar-refractivity contribution is 0.00240. The van der Waals surface area contributed by atoms with E-state index in [0.29, 0.717) is 12.0 Å². The number of hydrogen-bond acceptors (Lipinski definition) is 3. The van der Waals surface area contributed by atoms with Crippen LogP contribution in [0.5, 0.6) is 5.75 Å². The molecule has 1 aromatic rings. The number of halogens is 2. The Morgan fingerprint density at radius 1 is 1.38 bits per heavy atom. The topological polar surface area (TPSA) is 38.3 Å². The van der Waals surface area contributed by atoms with Gasteiger partial charge in [-0.2, -0.15) is 0 Å². The van der Waals surface area contributed by atoms with Gasteiger partial charge in [-0.05, 0) is 18.2 Å². The van der Waals surface area contributed by atoms with Crippen LogP contribution in [-0.2, 0) is 0 Å². The Kier molecular flexibility index (Phi) is 2.99. The van der Waals surface area contributed by atoms with Gasteiger partial charge in [0, 0.05) is 17.6 Å². The van der Waals surface area contributed by atoms with Crippen molar-refractivity contribution >= 4 is 34.1 Å². The Labute approximate surface area is 108 Å². The fourth-order valence-electron chi connectivity index (χ4n) is 2.07. The van der Waals surface area contributed by atoms with Crippen LogP contribution >= 0.6 is 28.3 Å². The molecule has 86 valence electrons. The van der Waals surface area contributed by atoms with Crippen molar-refractivity contribution in [2.45, 2.75) is 12.0 Å². The van der Waals surface area contributed by atoms with Crippen LogP contribution in [0.2, 0.25) is 0 Å². The summed E-state index contributed by atoms with van der Waals surface area (Å²) in [5.41, 5.74) is 0.430. The largest absolute Gasteiger partial charge is 0.483 e. The third-order valence-corrected chi connectivity index (χ3v) is 3.44. The number of ether oxygens (including phenoxy) is 1. The van der Waals surface area contributed by atoms with Gasteiger partial charge in [0.1, 0.15) is 11.4 Å². The molecule has 1 aromatic carbocycles. The normalized spacial score (nSPS) is 20.4. The summed E-state index contributed by atoms with van der Waals surface area (Å²) in [5, 5.41) is 3.15. The number of carbonyl (C=O) groups excluding carboxylic acids is 1. The fourth-order valence-corrected chi connectivity index (χ4v) is 2.43. The Morgan fingerprint density at radius 3 is 2.75 bits per heavy atom. The van der Waals surface area contributed by atoms with Crippen molar-refractivity contribution in [1.82, 2.24) is 5.32 Å². The first kappa shape index (κ1) is 11.9. The number of benzene rings is 1. The van der Waals surface area contributed by atoms with E-state index in [1.807, 2.05) is 18.2 Å². The Balaban J connectivity index is 0.000000963. The van der Waals surface area contributed by atoms with Crippen molar-refractivity contribution in [2.24, 2.45) is 0 Å². The number of fused-ring (bicyclic) bond motifs is 1. The Hall–Kier alpha value is -0.580. The van der Waals surface area contributed by atoms with Crippen molar-refractivity contribution in [3.63, 3.8) is 0 Å². The van der Waals surface area contributed by atoms with E-state index < -0.39 is 0 Å². The highest BCUT2D eigenvalue weighted by Crippen LogP contribution is 2.36. The molecule has 2 aliphatic rings. The minimum absolute atomic E-state index is 0. The van der Waals surface area contributed by atoms with Gasteiger partial charge in [0.05, 0.1) is 12.0 Å². The molecule has 0 saturated carbocycles. The summed E-state index contributed by atoms with van der Waals surface area (Å²) in [6, 6.07) is 5.59. The number of rotatable bonds is 0. The summed E-state index contributed by atoms with van der Waals surface area (Å²) in [6.45, 7) is 1.54. The van der Waals surface area contributed by atoms with Crippen molar-refractivity contribution in [3.05, 3.63) is 28.2 Å². The summed E-state index contributed by atoms with van der Waals surface area (Å²) in [4.78, 5) is 11.9. The average Bonchev–Trinajstić information content (AvgIpc) is 2.16. The third-order valence-electron chi connectivity index (χ3n) is 2.95. The number of carbonyl (C=O) groups is 1. The van der Waals surface area contributed by atoms with Gasteiger partial charge in [-0.25, -0.2) is 0 Å². The van der Waals surface area contributed by atoms with Gasteiger partial charge in [0.2, 0.25) is 0 Å². The van der Waals surface area contributed by atoms with Crippen molar-refractivity contribution in [3.8, 4) is 5.75 Å². The molecule has 0 atom stereocenters. The first-order chi connectivity index (χ1) is 7.19. The number of Topliss-reactive ketones (excluding diaryl/α,β-unsaturated/α-hetero) is 1. The summed E-state index contributed by atoms with van der Waals surface area (Å²) in [5.74, 6) is 0.898. The second kappa shape index (κ2) is 4.02. The molecule has 16 heavy (non-hydrogen) atoms. The molecule has 0 radical (unpaired) electrons. The number of nitrogens with one attached hydrogen (secondary N) is 1. The lowest BCUT2D eigenvalue weighted by atomic mass is 9.85. The minimum atomic E-state index is -0.266. The lowest BCUT2D eigenvalue weighted by Crippen LogP contribution is -2.65. The lowest BCUT2D eigenvalue weighted by Gasteiger charge is -2.44. The average molecular weight is 305 g/mol. The highest BCUT2D eigenvalue weighted by Gasteiger charge is 2.45. The zero-order chi connectivity index (χ0) is 10.5. The van der Waals surface area contributed by atoms with Crippen LogP contribution in [0.4, 0.5) is 0 Å². The third kappa shape index (κ3) is 1.75. The van der Waals surface area contributed by atoms with Crippen LogP contribution in [0.1, 0.15) is 16.8 Å². The smallest absolute Gasteiger partial charge is 0.170 e. The molecule has 0 bridgehead atoms. The predicted molar refractivity (Wildman–Crippen MR) is 66.6 cm³/mol. The molecular formula is C11H11BrClNO2. The van der Waals surface area contributed by atoms with E-state index >= 15 is 0 Å². The van der Waals surface area contributed by atoms with Crippen molar-refractivity contribution < 1.29 is 9.53 Å². The zero-order valence-corrected chi connectivity index (χ0v) is 10.9. The Bertz CT molecular complexity index is 446. The summed E-state index contributed by atoms with van der Waals surface area (Å²) >= 11 is 3.36. The standard InChI is InChI=1S/C11H10BrNO2.ClH/c12-7-1-2-10-8(3-7)9(14)4-11(15-10)5-13-6-11;/h1-3,13H,4-6H2;1H. The molecule has 2 heterocycles. The number of hydrogen-bond donors (Lipinski definition) is 1. The quantitative estimate of drug-likeness (QED) is 0.798. The van der Waals surface area contributed by atoms with Gasteiger partial charge in [-0.15, -0.1) is 12.4 Å². The molecule has 3 nitrogen and oxygen atoms in total. The van der Waals surface area contributed by atoms with Crippen molar-refractivity contribution in [2.75, 3.05) is 13.1 Å². The van der Waals surface area contributed by atoms with Gasteiger partial charge < -0.3 is 10.1 Å². The molecule has 2 aliphatic heterocycles.